The molecule has 2 N–H and O–H groups in total. The molecule has 0 radical (unpaired) electrons. The second-order valence-electron chi connectivity index (χ2n) is 4.06. The molecule has 3 heteroatoms. The smallest absolute Gasteiger partial charge is 0.119 e. The lowest BCUT2D eigenvalue weighted by atomic mass is 10.2. The highest BCUT2D eigenvalue weighted by atomic mass is 127. The molecule has 0 atom stereocenters. The Morgan fingerprint density at radius 2 is 2.21 bits per heavy atom. The molecule has 0 bridgehead atoms. The summed E-state index contributed by atoms with van der Waals surface area (Å²) in [5.41, 5.74) is 7.16. The van der Waals surface area contributed by atoms with E-state index in [0.717, 1.165) is 18.6 Å². The van der Waals surface area contributed by atoms with E-state index in [9.17, 15) is 0 Å². The zero-order valence-corrected chi connectivity index (χ0v) is 10.4. The average Bonchev–Trinajstić information content (AvgIpc) is 2.87. The molecule has 1 aliphatic carbocycles. The zero-order chi connectivity index (χ0) is 10.2. The summed E-state index contributed by atoms with van der Waals surface area (Å²) in [5.74, 6) is 0.930. The van der Waals surface area contributed by atoms with Crippen LogP contribution in [0.1, 0.15) is 18.4 Å². The molecule has 1 aliphatic rings. The number of aryl methyl sites for hydroxylation is 1. The van der Waals surface area contributed by atoms with E-state index in [4.69, 9.17) is 10.5 Å². The summed E-state index contributed by atoms with van der Waals surface area (Å²) >= 11 is 2.32. The average molecular weight is 303 g/mol. The van der Waals surface area contributed by atoms with Crippen molar-refractivity contribution < 1.29 is 4.74 Å². The topological polar surface area (TPSA) is 35.2 Å². The van der Waals surface area contributed by atoms with E-state index < -0.39 is 0 Å². The summed E-state index contributed by atoms with van der Waals surface area (Å²) in [7, 11) is 0. The van der Waals surface area contributed by atoms with E-state index in [0.29, 0.717) is 6.61 Å². The van der Waals surface area contributed by atoms with Crippen molar-refractivity contribution in [2.45, 2.75) is 25.3 Å². The van der Waals surface area contributed by atoms with Gasteiger partial charge in [0.2, 0.25) is 0 Å². The van der Waals surface area contributed by atoms with Gasteiger partial charge in [0.05, 0.1) is 5.54 Å². The molecule has 2 rings (SSSR count). The lowest BCUT2D eigenvalue weighted by Gasteiger charge is -2.11. The van der Waals surface area contributed by atoms with Crippen molar-refractivity contribution in [3.8, 4) is 5.75 Å². The maximum absolute atomic E-state index is 5.94. The van der Waals surface area contributed by atoms with Crippen molar-refractivity contribution in [2.75, 3.05) is 6.61 Å². The van der Waals surface area contributed by atoms with Crippen LogP contribution in [0, 0.1) is 10.5 Å². The van der Waals surface area contributed by atoms with Gasteiger partial charge in [-0.25, -0.2) is 0 Å². The minimum atomic E-state index is -0.0309. The normalized spacial score (nSPS) is 17.9. The van der Waals surface area contributed by atoms with Gasteiger partial charge in [0, 0.05) is 3.57 Å². The Balaban J connectivity index is 1.99. The van der Waals surface area contributed by atoms with Crippen molar-refractivity contribution >= 4 is 22.6 Å². The van der Waals surface area contributed by atoms with E-state index >= 15 is 0 Å². The Morgan fingerprint density at radius 3 is 2.79 bits per heavy atom. The number of halogens is 1. The third-order valence-corrected chi connectivity index (χ3v) is 3.76. The quantitative estimate of drug-likeness (QED) is 0.871. The van der Waals surface area contributed by atoms with Crippen molar-refractivity contribution in [1.82, 2.24) is 0 Å². The van der Waals surface area contributed by atoms with Crippen LogP contribution in [0.2, 0.25) is 0 Å². The molecule has 0 spiro atoms. The summed E-state index contributed by atoms with van der Waals surface area (Å²) in [6.45, 7) is 2.73. The molecule has 0 aromatic heterocycles. The first-order chi connectivity index (χ1) is 6.59. The monoisotopic (exact) mass is 303 g/mol. The largest absolute Gasteiger partial charge is 0.492 e. The van der Waals surface area contributed by atoms with Gasteiger partial charge in [-0.3, -0.25) is 0 Å². The van der Waals surface area contributed by atoms with Crippen LogP contribution in [-0.4, -0.2) is 12.1 Å². The summed E-state index contributed by atoms with van der Waals surface area (Å²) < 4.78 is 6.91. The lowest BCUT2D eigenvalue weighted by Crippen LogP contribution is -2.29. The highest BCUT2D eigenvalue weighted by Crippen LogP contribution is 2.32. The Morgan fingerprint density at radius 1 is 1.50 bits per heavy atom. The molecule has 0 aliphatic heterocycles. The second-order valence-corrected chi connectivity index (χ2v) is 5.22. The first-order valence-electron chi connectivity index (χ1n) is 4.77. The molecule has 14 heavy (non-hydrogen) atoms. The highest BCUT2D eigenvalue weighted by Gasteiger charge is 2.39. The molecule has 0 amide bonds. The van der Waals surface area contributed by atoms with E-state index in [1.54, 1.807) is 0 Å². The van der Waals surface area contributed by atoms with Gasteiger partial charge in [-0.2, -0.15) is 0 Å². The van der Waals surface area contributed by atoms with Gasteiger partial charge in [-0.15, -0.1) is 0 Å². The van der Waals surface area contributed by atoms with Gasteiger partial charge in [0.15, 0.2) is 0 Å². The van der Waals surface area contributed by atoms with Crippen molar-refractivity contribution in [2.24, 2.45) is 5.73 Å². The molecule has 76 valence electrons. The maximum Gasteiger partial charge on any atom is 0.119 e. The van der Waals surface area contributed by atoms with Crippen molar-refractivity contribution in [3.63, 3.8) is 0 Å². The van der Waals surface area contributed by atoms with Gasteiger partial charge in [0.25, 0.3) is 0 Å². The van der Waals surface area contributed by atoms with Crippen LogP contribution in [0.25, 0.3) is 0 Å². The molecule has 1 fully saturated rings. The van der Waals surface area contributed by atoms with Gasteiger partial charge < -0.3 is 10.5 Å². The fourth-order valence-electron chi connectivity index (χ4n) is 1.24. The Labute approximate surface area is 98.0 Å². The van der Waals surface area contributed by atoms with Gasteiger partial charge in [0.1, 0.15) is 12.4 Å². The van der Waals surface area contributed by atoms with Crippen LogP contribution in [0.4, 0.5) is 0 Å². The summed E-state index contributed by atoms with van der Waals surface area (Å²) in [4.78, 5) is 0. The number of hydrogen-bond donors (Lipinski definition) is 1. The minimum absolute atomic E-state index is 0.0309. The number of hydrogen-bond acceptors (Lipinski definition) is 2. The number of nitrogens with two attached hydrogens (primary N) is 1. The molecule has 1 aromatic rings. The Hall–Kier alpha value is -0.290. The molecule has 1 saturated carbocycles. The number of ether oxygens (including phenoxy) is 1. The van der Waals surface area contributed by atoms with Crippen LogP contribution in [-0.2, 0) is 0 Å². The van der Waals surface area contributed by atoms with Gasteiger partial charge in [-0.1, -0.05) is 0 Å². The van der Waals surface area contributed by atoms with Crippen LogP contribution in [0.15, 0.2) is 18.2 Å². The maximum atomic E-state index is 5.94. The Kier molecular flexibility index (Phi) is 2.70. The summed E-state index contributed by atoms with van der Waals surface area (Å²) in [6.07, 6.45) is 2.19. The van der Waals surface area contributed by atoms with Crippen LogP contribution < -0.4 is 10.5 Å². The third-order valence-electron chi connectivity index (χ3n) is 2.55. The minimum Gasteiger partial charge on any atom is -0.492 e. The predicted molar refractivity (Wildman–Crippen MR) is 65.5 cm³/mol. The van der Waals surface area contributed by atoms with Crippen molar-refractivity contribution in [3.05, 3.63) is 27.3 Å². The molecule has 2 nitrogen and oxygen atoms in total. The van der Waals surface area contributed by atoms with Crippen molar-refractivity contribution in [1.29, 1.82) is 0 Å². The number of rotatable bonds is 3. The fraction of sp³-hybridized carbons (Fsp3) is 0.455. The Bertz CT molecular complexity index is 347. The van der Waals surface area contributed by atoms with E-state index in [-0.39, 0.29) is 5.54 Å². The molecule has 0 unspecified atom stereocenters. The first kappa shape index (κ1) is 10.2. The van der Waals surface area contributed by atoms with E-state index in [2.05, 4.69) is 41.6 Å². The third kappa shape index (κ3) is 2.39. The summed E-state index contributed by atoms with van der Waals surface area (Å²) in [6, 6.07) is 6.13. The highest BCUT2D eigenvalue weighted by molar-refractivity contribution is 14.1. The van der Waals surface area contributed by atoms with Crippen LogP contribution in [0.3, 0.4) is 0 Å². The summed E-state index contributed by atoms with van der Waals surface area (Å²) in [5, 5.41) is 0. The van der Waals surface area contributed by atoms with E-state index in [1.165, 1.54) is 9.13 Å². The number of benzene rings is 1. The van der Waals surface area contributed by atoms with Crippen LogP contribution in [0.5, 0.6) is 5.75 Å². The standard InChI is InChI=1S/C11H14INO/c1-8-6-9(2-3-10(8)12)14-7-11(13)4-5-11/h2-3,6H,4-5,7,13H2,1H3. The van der Waals surface area contributed by atoms with Crippen LogP contribution >= 0.6 is 22.6 Å². The molecule has 0 heterocycles. The fourth-order valence-corrected chi connectivity index (χ4v) is 1.57. The molecule has 0 saturated heterocycles. The van der Waals surface area contributed by atoms with Gasteiger partial charge >= 0.3 is 0 Å². The van der Waals surface area contributed by atoms with E-state index in [1.807, 2.05) is 6.07 Å². The lowest BCUT2D eigenvalue weighted by molar-refractivity contribution is 0.279. The predicted octanol–water partition coefficient (Wildman–Crippen LogP) is 2.47. The molecular weight excluding hydrogens is 289 g/mol. The SMILES string of the molecule is Cc1cc(OCC2(N)CC2)ccc1I. The first-order valence-corrected chi connectivity index (χ1v) is 5.85. The second kappa shape index (κ2) is 3.70. The zero-order valence-electron chi connectivity index (χ0n) is 8.22. The molecular formula is C11H14INO. The van der Waals surface area contributed by atoms with Gasteiger partial charge in [-0.05, 0) is 66.1 Å². The molecule has 1 aromatic carbocycles.